The number of fused-ring (bicyclic) bond motifs is 3. The van der Waals surface area contributed by atoms with E-state index in [-0.39, 0.29) is 34.9 Å². The van der Waals surface area contributed by atoms with Crippen LogP contribution in [0.5, 0.6) is 11.5 Å². The number of carboxylic acid groups (broad SMARTS) is 1. The highest BCUT2D eigenvalue weighted by Gasteiger charge is 2.55. The van der Waals surface area contributed by atoms with Gasteiger partial charge in [-0.05, 0) is 17.5 Å². The van der Waals surface area contributed by atoms with E-state index in [1.54, 1.807) is 12.1 Å². The van der Waals surface area contributed by atoms with Gasteiger partial charge in [0.05, 0.1) is 5.75 Å². The zero-order chi connectivity index (χ0) is 17.1. The van der Waals surface area contributed by atoms with Crippen molar-refractivity contribution in [3.05, 3.63) is 23.3 Å². The molecule has 0 aromatic heterocycles. The van der Waals surface area contributed by atoms with E-state index < -0.39 is 12.7 Å². The Morgan fingerprint density at radius 3 is 2.83 bits per heavy atom. The van der Waals surface area contributed by atoms with Crippen molar-refractivity contribution < 1.29 is 29.3 Å². The Labute approximate surface area is 138 Å². The molecular weight excluding hydrogens is 315 g/mol. The molecule has 2 unspecified atom stereocenters. The van der Waals surface area contributed by atoms with Crippen molar-refractivity contribution in [2.24, 2.45) is 5.73 Å². The number of rotatable bonds is 5. The topological polar surface area (TPSA) is 125 Å². The molecule has 9 heteroatoms. The summed E-state index contributed by atoms with van der Waals surface area (Å²) in [5.74, 6) is -1.38. The second-order valence-electron chi connectivity index (χ2n) is 6.83. The normalized spacial score (nSPS) is 27.5. The van der Waals surface area contributed by atoms with Crippen LogP contribution in [-0.2, 0) is 0 Å². The first-order valence-electron chi connectivity index (χ1n) is 8.18. The third-order valence-corrected chi connectivity index (χ3v) is 5.11. The Morgan fingerprint density at radius 2 is 2.17 bits per heavy atom. The number of carboxylic acids is 1. The number of likely N-dealkylation sites (tertiary alicyclic amines) is 1. The van der Waals surface area contributed by atoms with Crippen molar-refractivity contribution in [1.82, 2.24) is 4.90 Å². The van der Waals surface area contributed by atoms with Crippen LogP contribution in [0.1, 0.15) is 28.3 Å². The lowest BCUT2D eigenvalue weighted by atomic mass is 9.68. The lowest BCUT2D eigenvalue weighted by Gasteiger charge is -2.40. The number of hydrogen-bond donors (Lipinski definition) is 4. The number of hydrogen-bond acceptors (Lipinski definition) is 7. The van der Waals surface area contributed by atoms with Gasteiger partial charge in [0.15, 0.2) is 0 Å². The Morgan fingerprint density at radius 1 is 1.42 bits per heavy atom. The Bertz CT molecular complexity index is 691. The summed E-state index contributed by atoms with van der Waals surface area (Å²) in [4.78, 5) is 13.9. The quantitative estimate of drug-likeness (QED) is 0.535. The summed E-state index contributed by atoms with van der Waals surface area (Å²) < 4.78 is 11.1. The van der Waals surface area contributed by atoms with Crippen LogP contribution >= 0.6 is 0 Å². The molecule has 0 radical (unpaired) electrons. The van der Waals surface area contributed by atoms with Crippen LogP contribution in [0, 0.1) is 0 Å². The first-order chi connectivity index (χ1) is 11.4. The molecule has 8 nitrogen and oxygen atoms in total. The minimum absolute atomic E-state index is 0.0295. The molecule has 1 saturated heterocycles. The molecule has 1 aromatic carbocycles. The SMILES string of the molecule is NCCN1CC(Oc2ccc3c(c2C(=O)O)O[B-](O)(O)C2CC32)C1. The largest absolute Gasteiger partial charge is 0.669 e. The standard InChI is InChI=1S/C15H20BN2O6/c17-3-4-18-6-8(7-18)23-12-2-1-9-10-5-11(10)16(21,22)24-14(9)13(12)15(19)20/h1-2,8,10-11,21-22H,3-7,17H2,(H,19,20)/q-1. The third-order valence-electron chi connectivity index (χ3n) is 5.11. The van der Waals surface area contributed by atoms with E-state index in [4.69, 9.17) is 15.1 Å². The van der Waals surface area contributed by atoms with Crippen molar-refractivity contribution in [2.75, 3.05) is 26.2 Å². The molecule has 1 aromatic rings. The predicted octanol–water partition coefficient (Wildman–Crippen LogP) is -0.420. The van der Waals surface area contributed by atoms with Gasteiger partial charge in [0, 0.05) is 26.2 Å². The van der Waals surface area contributed by atoms with Crippen LogP contribution in [-0.4, -0.2) is 65.1 Å². The first-order valence-corrected chi connectivity index (χ1v) is 8.18. The predicted molar refractivity (Wildman–Crippen MR) is 85.2 cm³/mol. The van der Waals surface area contributed by atoms with E-state index in [1.165, 1.54) is 0 Å². The molecule has 2 heterocycles. The van der Waals surface area contributed by atoms with Crippen LogP contribution in [0.2, 0.25) is 5.82 Å². The molecule has 4 rings (SSSR count). The number of nitrogens with zero attached hydrogens (tertiary/aromatic N) is 1. The minimum Gasteiger partial charge on any atom is -0.669 e. The highest BCUT2D eigenvalue weighted by molar-refractivity contribution is 6.62. The zero-order valence-corrected chi connectivity index (χ0v) is 13.1. The van der Waals surface area contributed by atoms with Crippen LogP contribution < -0.4 is 15.1 Å². The number of benzene rings is 1. The molecule has 2 aliphatic heterocycles. The van der Waals surface area contributed by atoms with E-state index >= 15 is 0 Å². The van der Waals surface area contributed by atoms with Gasteiger partial charge < -0.3 is 30.3 Å². The van der Waals surface area contributed by atoms with Gasteiger partial charge in [-0.3, -0.25) is 4.90 Å². The lowest BCUT2D eigenvalue weighted by molar-refractivity contribution is 0.0210. The summed E-state index contributed by atoms with van der Waals surface area (Å²) >= 11 is 0. The average molecular weight is 335 g/mol. The van der Waals surface area contributed by atoms with E-state index in [0.717, 1.165) is 6.54 Å². The summed E-state index contributed by atoms with van der Waals surface area (Å²) in [5.41, 5.74) is 6.07. The molecule has 0 spiro atoms. The maximum Gasteiger partial charge on any atom is 0.434 e. The summed E-state index contributed by atoms with van der Waals surface area (Å²) in [6.07, 6.45) is 0.485. The highest BCUT2D eigenvalue weighted by atomic mass is 16.6. The molecule has 2 fully saturated rings. The Hall–Kier alpha value is -1.81. The van der Waals surface area contributed by atoms with Gasteiger partial charge >= 0.3 is 12.7 Å². The molecule has 130 valence electrons. The zero-order valence-electron chi connectivity index (χ0n) is 13.1. The van der Waals surface area contributed by atoms with Crippen molar-refractivity contribution in [3.63, 3.8) is 0 Å². The van der Waals surface area contributed by atoms with Gasteiger partial charge in [0.1, 0.15) is 17.4 Å². The van der Waals surface area contributed by atoms with Crippen LogP contribution in [0.3, 0.4) is 0 Å². The van der Waals surface area contributed by atoms with E-state index in [2.05, 4.69) is 4.90 Å². The summed E-state index contributed by atoms with van der Waals surface area (Å²) in [6.45, 7) is -0.296. The fraction of sp³-hybridized carbons (Fsp3) is 0.533. The maximum atomic E-state index is 11.7. The molecule has 1 saturated carbocycles. The van der Waals surface area contributed by atoms with Gasteiger partial charge in [-0.15, -0.1) is 0 Å². The van der Waals surface area contributed by atoms with Gasteiger partial charge in [-0.1, -0.05) is 18.3 Å². The van der Waals surface area contributed by atoms with Gasteiger partial charge in [-0.25, -0.2) is 4.79 Å². The van der Waals surface area contributed by atoms with Crippen molar-refractivity contribution in [3.8, 4) is 11.5 Å². The van der Waals surface area contributed by atoms with Crippen molar-refractivity contribution in [2.45, 2.75) is 24.3 Å². The van der Waals surface area contributed by atoms with Crippen LogP contribution in [0.4, 0.5) is 0 Å². The molecule has 3 aliphatic rings. The fourth-order valence-corrected chi connectivity index (χ4v) is 3.76. The Kier molecular flexibility index (Phi) is 3.50. The highest BCUT2D eigenvalue weighted by Crippen LogP contribution is 2.63. The minimum atomic E-state index is -3.02. The first kappa shape index (κ1) is 15.7. The Balaban J connectivity index is 1.61. The maximum absolute atomic E-state index is 11.7. The van der Waals surface area contributed by atoms with Gasteiger partial charge in [0.25, 0.3) is 0 Å². The van der Waals surface area contributed by atoms with E-state index in [1.807, 2.05) is 0 Å². The van der Waals surface area contributed by atoms with Crippen molar-refractivity contribution >= 4 is 12.7 Å². The molecular formula is C15H20BN2O6-. The van der Waals surface area contributed by atoms with Crippen molar-refractivity contribution in [1.29, 1.82) is 0 Å². The molecule has 2 atom stereocenters. The van der Waals surface area contributed by atoms with E-state index in [9.17, 15) is 19.9 Å². The molecule has 5 N–H and O–H groups in total. The average Bonchev–Trinajstić information content (AvgIpc) is 3.25. The van der Waals surface area contributed by atoms with Gasteiger partial charge in [-0.2, -0.15) is 0 Å². The monoisotopic (exact) mass is 335 g/mol. The summed E-state index contributed by atoms with van der Waals surface area (Å²) in [7, 11) is 0. The molecule has 1 aliphatic carbocycles. The second kappa shape index (κ2) is 5.35. The fourth-order valence-electron chi connectivity index (χ4n) is 3.76. The van der Waals surface area contributed by atoms with E-state index in [0.29, 0.717) is 31.6 Å². The number of nitrogens with two attached hydrogens (primary N) is 1. The molecule has 24 heavy (non-hydrogen) atoms. The number of carbonyl (C=O) groups is 1. The summed E-state index contributed by atoms with van der Waals surface area (Å²) in [6, 6.07) is 3.41. The third kappa shape index (κ3) is 2.44. The molecule has 0 amide bonds. The summed E-state index contributed by atoms with van der Waals surface area (Å²) in [5, 5.41) is 29.6. The lowest BCUT2D eigenvalue weighted by Crippen LogP contribution is -2.55. The number of ether oxygens (including phenoxy) is 1. The number of aromatic carboxylic acids is 1. The van der Waals surface area contributed by atoms with Crippen LogP contribution in [0.25, 0.3) is 0 Å². The molecule has 0 bridgehead atoms. The van der Waals surface area contributed by atoms with Gasteiger partial charge in [0.2, 0.25) is 0 Å². The smallest absolute Gasteiger partial charge is 0.434 e. The second-order valence-corrected chi connectivity index (χ2v) is 6.83. The van der Waals surface area contributed by atoms with Crippen LogP contribution in [0.15, 0.2) is 12.1 Å².